The maximum atomic E-state index is 12.5. The second-order valence-corrected chi connectivity index (χ2v) is 9.83. The first-order valence-corrected chi connectivity index (χ1v) is 13.0. The average molecular weight is 491 g/mol. The van der Waals surface area contributed by atoms with Crippen molar-refractivity contribution in [3.63, 3.8) is 0 Å². The zero-order chi connectivity index (χ0) is 23.8. The largest absolute Gasteiger partial charge is 0.486 e. The van der Waals surface area contributed by atoms with Crippen molar-refractivity contribution in [2.24, 2.45) is 0 Å². The van der Waals surface area contributed by atoms with E-state index in [1.165, 1.54) is 12.1 Å². The van der Waals surface area contributed by atoms with E-state index in [4.69, 9.17) is 14.2 Å². The highest BCUT2D eigenvalue weighted by molar-refractivity contribution is 7.89. The molecule has 11 heteroatoms. The number of carbonyl (C=O) groups excluding carboxylic acids is 1. The number of benzene rings is 1. The summed E-state index contributed by atoms with van der Waals surface area (Å²) in [6.07, 6.45) is 4.05. The van der Waals surface area contributed by atoms with E-state index in [0.717, 1.165) is 25.3 Å². The topological polar surface area (TPSA) is 119 Å². The Morgan fingerprint density at radius 3 is 2.53 bits per heavy atom. The number of carbonyl (C=O) groups is 1. The Kier molecular flexibility index (Phi) is 8.20. The van der Waals surface area contributed by atoms with Crippen molar-refractivity contribution in [2.45, 2.75) is 30.6 Å². The van der Waals surface area contributed by atoms with Gasteiger partial charge >= 0.3 is 0 Å². The van der Waals surface area contributed by atoms with Crippen molar-refractivity contribution in [1.82, 2.24) is 9.71 Å². The number of fused-ring (bicyclic) bond motifs is 1. The number of amides is 1. The van der Waals surface area contributed by atoms with Crippen LogP contribution in [0.5, 0.6) is 11.5 Å². The molecule has 184 valence electrons. The van der Waals surface area contributed by atoms with Crippen LogP contribution in [0.25, 0.3) is 0 Å². The fraction of sp³-hybridized carbons (Fsp3) is 0.478. The van der Waals surface area contributed by atoms with E-state index >= 15 is 0 Å². The lowest BCUT2D eigenvalue weighted by atomic mass is 10.2. The zero-order valence-electron chi connectivity index (χ0n) is 19.0. The van der Waals surface area contributed by atoms with Crippen LogP contribution in [0.3, 0.4) is 0 Å². The van der Waals surface area contributed by atoms with Gasteiger partial charge in [-0.1, -0.05) is 6.42 Å². The summed E-state index contributed by atoms with van der Waals surface area (Å²) in [5.41, 5.74) is 0.661. The van der Waals surface area contributed by atoms with Gasteiger partial charge in [0.25, 0.3) is 0 Å². The van der Waals surface area contributed by atoms with Gasteiger partial charge in [0.15, 0.2) is 11.5 Å². The highest BCUT2D eigenvalue weighted by Gasteiger charge is 2.19. The number of pyridine rings is 1. The van der Waals surface area contributed by atoms with Crippen LogP contribution in [0.15, 0.2) is 41.4 Å². The molecule has 2 N–H and O–H groups in total. The summed E-state index contributed by atoms with van der Waals surface area (Å²) < 4.78 is 43.8. The molecule has 2 aliphatic heterocycles. The van der Waals surface area contributed by atoms with Gasteiger partial charge in [-0.2, -0.15) is 0 Å². The van der Waals surface area contributed by atoms with E-state index in [1.807, 2.05) is 12.1 Å². The molecule has 3 heterocycles. The molecule has 0 atom stereocenters. The van der Waals surface area contributed by atoms with Crippen molar-refractivity contribution in [3.05, 3.63) is 36.5 Å². The molecule has 1 aromatic heterocycles. The van der Waals surface area contributed by atoms with Crippen LogP contribution in [0.4, 0.5) is 11.5 Å². The van der Waals surface area contributed by atoms with E-state index in [0.29, 0.717) is 69.4 Å². The molecule has 0 saturated carbocycles. The average Bonchev–Trinajstić information content (AvgIpc) is 2.87. The Balaban J connectivity index is 1.13. The quantitative estimate of drug-likeness (QED) is 0.487. The van der Waals surface area contributed by atoms with E-state index in [2.05, 4.69) is 19.9 Å². The maximum absolute atomic E-state index is 12.5. The second-order valence-electron chi connectivity index (χ2n) is 8.07. The van der Waals surface area contributed by atoms with Crippen LogP contribution in [-0.2, 0) is 19.6 Å². The van der Waals surface area contributed by atoms with Gasteiger partial charge in [0.2, 0.25) is 15.9 Å². The fourth-order valence-corrected chi connectivity index (χ4v) is 4.82. The molecule has 0 spiro atoms. The third-order valence-corrected chi connectivity index (χ3v) is 7.02. The van der Waals surface area contributed by atoms with Crippen molar-refractivity contribution >= 4 is 27.4 Å². The lowest BCUT2D eigenvalue weighted by Gasteiger charge is -2.27. The number of hydrogen-bond donors (Lipinski definition) is 2. The van der Waals surface area contributed by atoms with Crippen LogP contribution >= 0.6 is 0 Å². The molecule has 34 heavy (non-hydrogen) atoms. The molecule has 0 unspecified atom stereocenters. The third kappa shape index (κ3) is 6.58. The summed E-state index contributed by atoms with van der Waals surface area (Å²) in [5.74, 6) is 1.77. The van der Waals surface area contributed by atoms with Crippen molar-refractivity contribution in [3.8, 4) is 11.5 Å². The van der Waals surface area contributed by atoms with Gasteiger partial charge in [-0.05, 0) is 37.1 Å². The minimum absolute atomic E-state index is 0.0854. The lowest BCUT2D eigenvalue weighted by Crippen LogP contribution is -2.36. The maximum Gasteiger partial charge on any atom is 0.240 e. The summed E-state index contributed by atoms with van der Waals surface area (Å²) in [6.45, 7) is 4.16. The number of aromatic nitrogens is 1. The molecule has 2 aliphatic rings. The number of anilines is 2. The van der Waals surface area contributed by atoms with Gasteiger partial charge in [-0.3, -0.25) is 4.79 Å². The first-order valence-electron chi connectivity index (χ1n) is 11.5. The minimum Gasteiger partial charge on any atom is -0.486 e. The predicted molar refractivity (Wildman–Crippen MR) is 127 cm³/mol. The Labute approximate surface area is 199 Å². The number of ether oxygens (including phenoxy) is 3. The molecule has 1 fully saturated rings. The van der Waals surface area contributed by atoms with Crippen LogP contribution in [0.1, 0.15) is 25.7 Å². The summed E-state index contributed by atoms with van der Waals surface area (Å²) in [7, 11) is -3.63. The van der Waals surface area contributed by atoms with E-state index in [9.17, 15) is 13.2 Å². The summed E-state index contributed by atoms with van der Waals surface area (Å²) in [5, 5.41) is 2.86. The van der Waals surface area contributed by atoms with Gasteiger partial charge in [-0.15, -0.1) is 0 Å². The van der Waals surface area contributed by atoms with Gasteiger partial charge in [0.05, 0.1) is 30.0 Å². The summed E-state index contributed by atoms with van der Waals surface area (Å²) in [4.78, 5) is 18.9. The lowest BCUT2D eigenvalue weighted by molar-refractivity contribution is -0.116. The SMILES string of the molecule is O=C(CCCCCNS(=O)(=O)c1ccc2c(c1)OCCO2)Nc1ccc(N2CCOCC2)nc1. The normalized spacial score (nSPS) is 15.7. The molecule has 1 amide bonds. The standard InChI is InChI=1S/C23H30N4O6S/c28-23(26-18-5-8-22(24-17-18)27-10-12-31-13-11-27)4-2-1-3-9-25-34(29,30)19-6-7-20-21(16-19)33-15-14-32-20/h5-8,16-17,25H,1-4,9-15H2,(H,26,28). The summed E-state index contributed by atoms with van der Waals surface area (Å²) in [6, 6.07) is 8.33. The molecule has 0 radical (unpaired) electrons. The predicted octanol–water partition coefficient (Wildman–Crippen LogP) is 2.17. The fourth-order valence-electron chi connectivity index (χ4n) is 3.73. The van der Waals surface area contributed by atoms with Crippen LogP contribution < -0.4 is 24.4 Å². The molecular formula is C23H30N4O6S. The number of nitrogens with one attached hydrogen (secondary N) is 2. The zero-order valence-corrected chi connectivity index (χ0v) is 19.8. The summed E-state index contributed by atoms with van der Waals surface area (Å²) >= 11 is 0. The van der Waals surface area contributed by atoms with Crippen LogP contribution in [0, 0.1) is 0 Å². The van der Waals surface area contributed by atoms with Crippen molar-refractivity contribution in [1.29, 1.82) is 0 Å². The number of rotatable bonds is 10. The molecule has 0 bridgehead atoms. The van der Waals surface area contributed by atoms with Crippen LogP contribution in [-0.4, -0.2) is 65.4 Å². The molecule has 0 aliphatic carbocycles. The minimum atomic E-state index is -3.63. The molecule has 2 aromatic rings. The van der Waals surface area contributed by atoms with Gasteiger partial charge in [0.1, 0.15) is 19.0 Å². The molecule has 4 rings (SSSR count). The van der Waals surface area contributed by atoms with Crippen molar-refractivity contribution in [2.75, 3.05) is 56.3 Å². The second kappa shape index (κ2) is 11.5. The van der Waals surface area contributed by atoms with E-state index in [1.54, 1.807) is 12.3 Å². The number of unbranched alkanes of at least 4 members (excludes halogenated alkanes) is 2. The Hall–Kier alpha value is -2.89. The van der Waals surface area contributed by atoms with Crippen LogP contribution in [0.2, 0.25) is 0 Å². The monoisotopic (exact) mass is 490 g/mol. The third-order valence-electron chi connectivity index (χ3n) is 5.56. The number of morpholine rings is 1. The molecule has 1 aromatic carbocycles. The number of hydrogen-bond acceptors (Lipinski definition) is 8. The van der Waals surface area contributed by atoms with Gasteiger partial charge in [0, 0.05) is 32.1 Å². The van der Waals surface area contributed by atoms with E-state index < -0.39 is 10.0 Å². The molecular weight excluding hydrogens is 460 g/mol. The molecule has 1 saturated heterocycles. The Bertz CT molecular complexity index is 1070. The smallest absolute Gasteiger partial charge is 0.240 e. The highest BCUT2D eigenvalue weighted by Crippen LogP contribution is 2.32. The Morgan fingerprint density at radius 2 is 1.76 bits per heavy atom. The first kappa shape index (κ1) is 24.2. The number of nitrogens with zero attached hydrogens (tertiary/aromatic N) is 2. The van der Waals surface area contributed by atoms with E-state index in [-0.39, 0.29) is 10.8 Å². The van der Waals surface area contributed by atoms with Gasteiger partial charge in [-0.25, -0.2) is 18.1 Å². The molecule has 10 nitrogen and oxygen atoms in total. The van der Waals surface area contributed by atoms with Crippen molar-refractivity contribution < 1.29 is 27.4 Å². The first-order chi connectivity index (χ1) is 16.5. The Morgan fingerprint density at radius 1 is 0.971 bits per heavy atom. The number of sulfonamides is 1. The van der Waals surface area contributed by atoms with Gasteiger partial charge < -0.3 is 24.4 Å². The highest BCUT2D eigenvalue weighted by atomic mass is 32.2.